The highest BCUT2D eigenvalue weighted by molar-refractivity contribution is 5.91. The highest BCUT2D eigenvalue weighted by Gasteiger charge is 2.28. The van der Waals surface area contributed by atoms with E-state index in [1.54, 1.807) is 18.2 Å². The molecule has 6 nitrogen and oxygen atoms in total. The molecular weight excluding hydrogens is 294 g/mol. The van der Waals surface area contributed by atoms with E-state index in [9.17, 15) is 4.79 Å². The first kappa shape index (κ1) is 15.1. The molecule has 1 atom stereocenters. The molecule has 1 aliphatic rings. The van der Waals surface area contributed by atoms with Crippen molar-refractivity contribution in [1.82, 2.24) is 9.88 Å². The van der Waals surface area contributed by atoms with Gasteiger partial charge >= 0.3 is 6.03 Å². The maximum Gasteiger partial charge on any atom is 0.322 e. The lowest BCUT2D eigenvalue weighted by Gasteiger charge is -2.18. The molecule has 1 aromatic heterocycles. The van der Waals surface area contributed by atoms with Crippen LogP contribution in [0.25, 0.3) is 0 Å². The fourth-order valence-electron chi connectivity index (χ4n) is 2.54. The van der Waals surface area contributed by atoms with E-state index in [1.807, 2.05) is 42.5 Å². The lowest BCUT2D eigenvalue weighted by molar-refractivity contribution is 0.190. The number of hydrogen-bond acceptors (Lipinski definition) is 4. The third-order valence-corrected chi connectivity index (χ3v) is 3.71. The van der Waals surface area contributed by atoms with Crippen LogP contribution in [-0.4, -0.2) is 42.2 Å². The van der Waals surface area contributed by atoms with E-state index in [0.717, 1.165) is 6.42 Å². The smallest absolute Gasteiger partial charge is 0.322 e. The number of rotatable bonds is 4. The van der Waals surface area contributed by atoms with Gasteiger partial charge in [-0.25, -0.2) is 9.78 Å². The maximum atomic E-state index is 12.4. The van der Waals surface area contributed by atoms with Crippen molar-refractivity contribution in [2.75, 3.05) is 25.5 Å². The molecule has 2 aromatic rings. The number of carbonyl (C=O) groups is 1. The van der Waals surface area contributed by atoms with Crippen LogP contribution >= 0.6 is 0 Å². The molecule has 1 aliphatic heterocycles. The lowest BCUT2D eigenvalue weighted by Crippen LogP contribution is -2.34. The molecule has 23 heavy (non-hydrogen) atoms. The molecule has 0 spiro atoms. The Kier molecular flexibility index (Phi) is 4.61. The second-order valence-corrected chi connectivity index (χ2v) is 5.27. The molecule has 0 radical (unpaired) electrons. The first-order valence-corrected chi connectivity index (χ1v) is 7.53. The monoisotopic (exact) mass is 313 g/mol. The SMILES string of the molecule is COc1ccccc1NC(=O)N1CCC(Oc2ccccn2)C1. The average Bonchev–Trinajstić information content (AvgIpc) is 3.05. The van der Waals surface area contributed by atoms with Crippen molar-refractivity contribution in [3.63, 3.8) is 0 Å². The van der Waals surface area contributed by atoms with Gasteiger partial charge in [-0.05, 0) is 18.2 Å². The van der Waals surface area contributed by atoms with Gasteiger partial charge in [0.2, 0.25) is 5.88 Å². The quantitative estimate of drug-likeness (QED) is 0.942. The Hall–Kier alpha value is -2.76. The summed E-state index contributed by atoms with van der Waals surface area (Å²) in [6.07, 6.45) is 2.44. The van der Waals surface area contributed by atoms with Crippen LogP contribution in [0.2, 0.25) is 0 Å². The molecule has 0 saturated carbocycles. The summed E-state index contributed by atoms with van der Waals surface area (Å²) in [4.78, 5) is 18.2. The standard InChI is InChI=1S/C17H19N3O3/c1-22-15-7-3-2-6-14(15)19-17(21)20-11-9-13(12-20)23-16-8-4-5-10-18-16/h2-8,10,13H,9,11-12H2,1H3,(H,19,21). The number of urea groups is 1. The summed E-state index contributed by atoms with van der Waals surface area (Å²) in [6.45, 7) is 1.19. The van der Waals surface area contributed by atoms with E-state index in [1.165, 1.54) is 0 Å². The molecule has 1 saturated heterocycles. The minimum Gasteiger partial charge on any atom is -0.495 e. The number of nitrogens with zero attached hydrogens (tertiary/aromatic N) is 2. The first-order chi connectivity index (χ1) is 11.3. The van der Waals surface area contributed by atoms with Crippen LogP contribution in [0, 0.1) is 0 Å². The van der Waals surface area contributed by atoms with Crippen LogP contribution in [-0.2, 0) is 0 Å². The topological polar surface area (TPSA) is 63.7 Å². The number of ether oxygens (including phenoxy) is 2. The van der Waals surface area contributed by atoms with Gasteiger partial charge in [0.15, 0.2) is 0 Å². The van der Waals surface area contributed by atoms with Gasteiger partial charge in [0.1, 0.15) is 11.9 Å². The predicted octanol–water partition coefficient (Wildman–Crippen LogP) is 2.78. The summed E-state index contributed by atoms with van der Waals surface area (Å²) in [5, 5.41) is 2.88. The molecule has 1 unspecified atom stereocenters. The molecule has 0 aliphatic carbocycles. The Labute approximate surface area is 135 Å². The minimum atomic E-state index is -0.151. The zero-order valence-corrected chi connectivity index (χ0v) is 12.9. The Bertz CT molecular complexity index is 663. The van der Waals surface area contributed by atoms with Crippen molar-refractivity contribution in [3.05, 3.63) is 48.7 Å². The molecule has 3 rings (SSSR count). The summed E-state index contributed by atoms with van der Waals surface area (Å²) in [5.41, 5.74) is 0.661. The Morgan fingerprint density at radius 3 is 2.87 bits per heavy atom. The fourth-order valence-corrected chi connectivity index (χ4v) is 2.54. The zero-order chi connectivity index (χ0) is 16.1. The van der Waals surface area contributed by atoms with Crippen LogP contribution in [0.4, 0.5) is 10.5 Å². The normalized spacial score (nSPS) is 16.9. The van der Waals surface area contributed by atoms with Crippen LogP contribution in [0.3, 0.4) is 0 Å². The number of nitrogens with one attached hydrogen (secondary N) is 1. The number of aromatic nitrogens is 1. The molecule has 2 amide bonds. The maximum absolute atomic E-state index is 12.4. The molecule has 6 heteroatoms. The number of anilines is 1. The lowest BCUT2D eigenvalue weighted by atomic mass is 10.3. The number of carbonyl (C=O) groups excluding carboxylic acids is 1. The molecule has 120 valence electrons. The highest BCUT2D eigenvalue weighted by Crippen LogP contribution is 2.24. The number of para-hydroxylation sites is 2. The average molecular weight is 313 g/mol. The summed E-state index contributed by atoms with van der Waals surface area (Å²) in [6, 6.07) is 12.7. The molecule has 2 heterocycles. The van der Waals surface area contributed by atoms with Gasteiger partial charge in [0, 0.05) is 25.2 Å². The van der Waals surface area contributed by atoms with Gasteiger partial charge in [-0.3, -0.25) is 0 Å². The van der Waals surface area contributed by atoms with Crippen molar-refractivity contribution in [2.45, 2.75) is 12.5 Å². The number of hydrogen-bond donors (Lipinski definition) is 1. The molecule has 1 fully saturated rings. The van der Waals surface area contributed by atoms with Gasteiger partial charge < -0.3 is 19.7 Å². The van der Waals surface area contributed by atoms with E-state index in [-0.39, 0.29) is 12.1 Å². The van der Waals surface area contributed by atoms with Crippen LogP contribution in [0.15, 0.2) is 48.7 Å². The molecule has 1 aromatic carbocycles. The van der Waals surface area contributed by atoms with Crippen molar-refractivity contribution < 1.29 is 14.3 Å². The molecule has 1 N–H and O–H groups in total. The van der Waals surface area contributed by atoms with E-state index >= 15 is 0 Å². The van der Waals surface area contributed by atoms with Gasteiger partial charge in [0.25, 0.3) is 0 Å². The van der Waals surface area contributed by atoms with Crippen molar-refractivity contribution in [3.8, 4) is 11.6 Å². The van der Waals surface area contributed by atoms with Gasteiger partial charge in [-0.15, -0.1) is 0 Å². The van der Waals surface area contributed by atoms with Crippen molar-refractivity contribution in [2.24, 2.45) is 0 Å². The zero-order valence-electron chi connectivity index (χ0n) is 12.9. The van der Waals surface area contributed by atoms with Crippen molar-refractivity contribution >= 4 is 11.7 Å². The first-order valence-electron chi connectivity index (χ1n) is 7.53. The largest absolute Gasteiger partial charge is 0.495 e. The Balaban J connectivity index is 1.57. The van der Waals surface area contributed by atoms with Crippen LogP contribution in [0.5, 0.6) is 11.6 Å². The third kappa shape index (κ3) is 3.71. The van der Waals surface area contributed by atoms with Crippen LogP contribution < -0.4 is 14.8 Å². The molecular formula is C17H19N3O3. The van der Waals surface area contributed by atoms with Gasteiger partial charge in [-0.1, -0.05) is 18.2 Å². The Morgan fingerprint density at radius 2 is 2.09 bits per heavy atom. The molecule has 0 bridgehead atoms. The van der Waals surface area contributed by atoms with Gasteiger partial charge in [0.05, 0.1) is 19.3 Å². The summed E-state index contributed by atoms with van der Waals surface area (Å²) >= 11 is 0. The number of pyridine rings is 1. The Morgan fingerprint density at radius 1 is 1.26 bits per heavy atom. The third-order valence-electron chi connectivity index (χ3n) is 3.71. The van der Waals surface area contributed by atoms with E-state index in [0.29, 0.717) is 30.4 Å². The summed E-state index contributed by atoms with van der Waals surface area (Å²) in [7, 11) is 1.58. The van der Waals surface area contributed by atoms with Crippen LogP contribution in [0.1, 0.15) is 6.42 Å². The summed E-state index contributed by atoms with van der Waals surface area (Å²) in [5.74, 6) is 1.23. The minimum absolute atomic E-state index is 0.0340. The number of amides is 2. The fraction of sp³-hybridized carbons (Fsp3) is 0.294. The highest BCUT2D eigenvalue weighted by atomic mass is 16.5. The van der Waals surface area contributed by atoms with Gasteiger partial charge in [-0.2, -0.15) is 0 Å². The summed E-state index contributed by atoms with van der Waals surface area (Å²) < 4.78 is 11.0. The van der Waals surface area contributed by atoms with E-state index in [2.05, 4.69) is 10.3 Å². The second-order valence-electron chi connectivity index (χ2n) is 5.27. The van der Waals surface area contributed by atoms with Crippen molar-refractivity contribution in [1.29, 1.82) is 0 Å². The number of likely N-dealkylation sites (tertiary alicyclic amines) is 1. The second kappa shape index (κ2) is 7.00. The van der Waals surface area contributed by atoms with E-state index in [4.69, 9.17) is 9.47 Å². The number of benzene rings is 1. The predicted molar refractivity (Wildman–Crippen MR) is 86.9 cm³/mol. The number of methoxy groups -OCH3 is 1. The van der Waals surface area contributed by atoms with E-state index < -0.39 is 0 Å².